The Balaban J connectivity index is 2.12. The molecule has 1 aromatic heterocycles. The molecular weight excluding hydrogens is 363 g/mol. The lowest BCUT2D eigenvalue weighted by molar-refractivity contribution is 0.578. The van der Waals surface area contributed by atoms with Crippen molar-refractivity contribution in [2.45, 2.75) is 11.3 Å². The van der Waals surface area contributed by atoms with Crippen LogP contribution in [-0.4, -0.2) is 24.7 Å². The van der Waals surface area contributed by atoms with Gasteiger partial charge in [-0.2, -0.15) is 5.10 Å². The van der Waals surface area contributed by atoms with E-state index in [2.05, 4.69) is 25.8 Å². The van der Waals surface area contributed by atoms with Crippen LogP contribution in [0.25, 0.3) is 0 Å². The first-order valence-corrected chi connectivity index (χ1v) is 8.30. The number of nitrogens with two attached hydrogens (primary N) is 1. The average molecular weight is 377 g/mol. The number of nitrogens with one attached hydrogen (secondary N) is 1. The van der Waals surface area contributed by atoms with Gasteiger partial charge in [0, 0.05) is 36.4 Å². The van der Waals surface area contributed by atoms with Gasteiger partial charge in [-0.25, -0.2) is 17.5 Å². The van der Waals surface area contributed by atoms with Crippen molar-refractivity contribution < 1.29 is 12.8 Å². The van der Waals surface area contributed by atoms with Gasteiger partial charge in [-0.3, -0.25) is 4.68 Å². The van der Waals surface area contributed by atoms with Gasteiger partial charge in [0.15, 0.2) is 0 Å². The molecule has 0 saturated carbocycles. The number of nitrogen functional groups attached to an aromatic ring is 1. The van der Waals surface area contributed by atoms with Gasteiger partial charge in [-0.05, 0) is 34.1 Å². The number of nitrogens with zero attached hydrogens (tertiary/aromatic N) is 2. The Morgan fingerprint density at radius 3 is 2.81 bits per heavy atom. The van der Waals surface area contributed by atoms with E-state index in [0.717, 1.165) is 17.8 Å². The summed E-state index contributed by atoms with van der Waals surface area (Å²) in [6.45, 7) is 0.200. The number of sulfonamides is 1. The molecule has 0 saturated heterocycles. The van der Waals surface area contributed by atoms with Gasteiger partial charge in [0.25, 0.3) is 0 Å². The van der Waals surface area contributed by atoms with Gasteiger partial charge in [0.05, 0.1) is 10.6 Å². The van der Waals surface area contributed by atoms with Gasteiger partial charge < -0.3 is 5.73 Å². The van der Waals surface area contributed by atoms with Gasteiger partial charge in [0.2, 0.25) is 10.0 Å². The van der Waals surface area contributed by atoms with E-state index < -0.39 is 15.8 Å². The van der Waals surface area contributed by atoms with Crippen molar-refractivity contribution in [2.24, 2.45) is 7.05 Å². The van der Waals surface area contributed by atoms with Crippen molar-refractivity contribution in [2.75, 3.05) is 12.3 Å². The first-order valence-electron chi connectivity index (χ1n) is 6.02. The van der Waals surface area contributed by atoms with E-state index in [1.165, 1.54) is 0 Å². The molecule has 6 nitrogen and oxygen atoms in total. The SMILES string of the molecule is Cn1nccc1CCNS(=O)(=O)c1cc(N)c(F)cc1Br. The van der Waals surface area contributed by atoms with Crippen molar-refractivity contribution in [3.05, 3.63) is 40.4 Å². The predicted octanol–water partition coefficient (Wildman–Crippen LogP) is 1.42. The van der Waals surface area contributed by atoms with Crippen LogP contribution in [0.2, 0.25) is 0 Å². The number of rotatable bonds is 5. The van der Waals surface area contributed by atoms with Crippen LogP contribution in [0.15, 0.2) is 33.8 Å². The summed E-state index contributed by atoms with van der Waals surface area (Å²) in [4.78, 5) is -0.0913. The Hall–Kier alpha value is -1.45. The van der Waals surface area contributed by atoms with Crippen LogP contribution in [0.5, 0.6) is 0 Å². The van der Waals surface area contributed by atoms with Gasteiger partial charge in [-0.15, -0.1) is 0 Å². The van der Waals surface area contributed by atoms with Crippen LogP contribution < -0.4 is 10.5 Å². The lowest BCUT2D eigenvalue weighted by Gasteiger charge is -2.10. The molecule has 0 bridgehead atoms. The highest BCUT2D eigenvalue weighted by Crippen LogP contribution is 2.26. The second-order valence-electron chi connectivity index (χ2n) is 4.40. The fraction of sp³-hybridized carbons (Fsp3) is 0.250. The molecule has 0 amide bonds. The summed E-state index contributed by atoms with van der Waals surface area (Å²) in [6, 6.07) is 3.93. The quantitative estimate of drug-likeness (QED) is 0.772. The average Bonchev–Trinajstić information content (AvgIpc) is 2.79. The maximum atomic E-state index is 13.3. The number of halogens is 2. The smallest absolute Gasteiger partial charge is 0.241 e. The molecule has 2 aromatic rings. The molecule has 3 N–H and O–H groups in total. The summed E-state index contributed by atoms with van der Waals surface area (Å²) < 4.78 is 41.9. The minimum atomic E-state index is -3.77. The Bertz CT molecular complexity index is 761. The van der Waals surface area contributed by atoms with E-state index in [1.807, 2.05) is 0 Å². The van der Waals surface area contributed by atoms with Crippen molar-refractivity contribution in [1.82, 2.24) is 14.5 Å². The van der Waals surface area contributed by atoms with Crippen LogP contribution >= 0.6 is 15.9 Å². The fourth-order valence-corrected chi connectivity index (χ4v) is 3.87. The highest BCUT2D eigenvalue weighted by molar-refractivity contribution is 9.10. The fourth-order valence-electron chi connectivity index (χ4n) is 1.79. The van der Waals surface area contributed by atoms with Crippen LogP contribution in [0.3, 0.4) is 0 Å². The molecule has 0 unspecified atom stereocenters. The first kappa shape index (κ1) is 15.9. The number of benzene rings is 1. The van der Waals surface area contributed by atoms with E-state index in [9.17, 15) is 12.8 Å². The molecule has 0 radical (unpaired) electrons. The summed E-state index contributed by atoms with van der Waals surface area (Å²) >= 11 is 3.03. The zero-order chi connectivity index (χ0) is 15.6. The van der Waals surface area contributed by atoms with E-state index in [4.69, 9.17) is 5.73 Å². The molecule has 114 valence electrons. The van der Waals surface area contributed by atoms with Crippen molar-refractivity contribution in [1.29, 1.82) is 0 Å². The molecule has 0 fully saturated rings. The summed E-state index contributed by atoms with van der Waals surface area (Å²) in [6.07, 6.45) is 2.13. The van der Waals surface area contributed by atoms with Crippen LogP contribution in [0.1, 0.15) is 5.69 Å². The zero-order valence-corrected chi connectivity index (χ0v) is 13.6. The molecule has 0 aliphatic carbocycles. The Kier molecular flexibility index (Phi) is 4.64. The third-order valence-corrected chi connectivity index (χ3v) is 5.36. The number of hydrogen-bond donors (Lipinski definition) is 2. The Morgan fingerprint density at radius 1 is 1.48 bits per heavy atom. The second-order valence-corrected chi connectivity index (χ2v) is 6.99. The second kappa shape index (κ2) is 6.12. The molecular formula is C12H14BrFN4O2S. The summed E-state index contributed by atoms with van der Waals surface area (Å²) in [5, 5.41) is 4.00. The molecule has 0 atom stereocenters. The van der Waals surface area contributed by atoms with Crippen LogP contribution in [0, 0.1) is 5.82 Å². The van der Waals surface area contributed by atoms with Crippen LogP contribution in [-0.2, 0) is 23.5 Å². The summed E-state index contributed by atoms with van der Waals surface area (Å²) in [5.74, 6) is -0.671. The maximum Gasteiger partial charge on any atom is 0.241 e. The molecule has 1 aromatic carbocycles. The normalized spacial score (nSPS) is 11.8. The molecule has 1 heterocycles. The molecule has 2 rings (SSSR count). The molecule has 0 aliphatic rings. The van der Waals surface area contributed by atoms with E-state index in [1.54, 1.807) is 24.0 Å². The lowest BCUT2D eigenvalue weighted by atomic mass is 10.3. The monoisotopic (exact) mass is 376 g/mol. The highest BCUT2D eigenvalue weighted by Gasteiger charge is 2.19. The maximum absolute atomic E-state index is 13.3. The number of hydrogen-bond acceptors (Lipinski definition) is 4. The molecule has 0 aliphatic heterocycles. The van der Waals surface area contributed by atoms with Crippen molar-refractivity contribution >= 4 is 31.6 Å². The van der Waals surface area contributed by atoms with E-state index >= 15 is 0 Å². The van der Waals surface area contributed by atoms with Crippen molar-refractivity contribution in [3.63, 3.8) is 0 Å². The third-order valence-electron chi connectivity index (χ3n) is 2.94. The Labute approximate surface area is 130 Å². The minimum Gasteiger partial charge on any atom is -0.396 e. The molecule has 0 spiro atoms. The first-order chi connectivity index (χ1) is 9.81. The van der Waals surface area contributed by atoms with Gasteiger partial charge >= 0.3 is 0 Å². The van der Waals surface area contributed by atoms with Crippen LogP contribution in [0.4, 0.5) is 10.1 Å². The topological polar surface area (TPSA) is 90.0 Å². The zero-order valence-electron chi connectivity index (χ0n) is 11.2. The lowest BCUT2D eigenvalue weighted by Crippen LogP contribution is -2.27. The number of aromatic nitrogens is 2. The number of anilines is 1. The van der Waals surface area contributed by atoms with E-state index in [0.29, 0.717) is 6.42 Å². The number of aryl methyl sites for hydroxylation is 1. The van der Waals surface area contributed by atoms with Gasteiger partial charge in [0.1, 0.15) is 5.82 Å². The van der Waals surface area contributed by atoms with Crippen molar-refractivity contribution in [3.8, 4) is 0 Å². The van der Waals surface area contributed by atoms with E-state index in [-0.39, 0.29) is 21.6 Å². The molecule has 9 heteroatoms. The highest BCUT2D eigenvalue weighted by atomic mass is 79.9. The molecule has 21 heavy (non-hydrogen) atoms. The minimum absolute atomic E-state index is 0.0913. The third kappa shape index (κ3) is 3.60. The predicted molar refractivity (Wildman–Crippen MR) is 80.6 cm³/mol. The summed E-state index contributed by atoms with van der Waals surface area (Å²) in [7, 11) is -1.99. The largest absolute Gasteiger partial charge is 0.396 e. The Morgan fingerprint density at radius 2 is 2.19 bits per heavy atom. The van der Waals surface area contributed by atoms with Gasteiger partial charge in [-0.1, -0.05) is 0 Å². The standard InChI is InChI=1S/C12H14BrFN4O2S/c1-18-8(2-4-16-18)3-5-17-21(19,20)12-7-11(15)10(14)6-9(12)13/h2,4,6-7,17H,3,5,15H2,1H3. The summed E-state index contributed by atoms with van der Waals surface area (Å²) in [5.41, 5.74) is 6.09.